The molecule has 4 nitrogen and oxygen atoms in total. The highest BCUT2D eigenvalue weighted by Crippen LogP contribution is 2.30. The zero-order valence-electron chi connectivity index (χ0n) is 12.2. The van der Waals surface area contributed by atoms with Gasteiger partial charge in [0.2, 0.25) is 0 Å². The van der Waals surface area contributed by atoms with E-state index in [1.54, 1.807) is 6.07 Å². The van der Waals surface area contributed by atoms with E-state index in [-0.39, 0.29) is 11.8 Å². The molecule has 1 heterocycles. The van der Waals surface area contributed by atoms with Gasteiger partial charge in [0.15, 0.2) is 0 Å². The van der Waals surface area contributed by atoms with Crippen molar-refractivity contribution in [1.29, 1.82) is 0 Å². The molecule has 2 atom stereocenters. The number of likely N-dealkylation sites (N-methyl/N-ethyl adjacent to an activating group) is 1. The van der Waals surface area contributed by atoms with Crippen LogP contribution in [0.15, 0.2) is 22.7 Å². The molecule has 1 fully saturated rings. The van der Waals surface area contributed by atoms with Crippen LogP contribution in [0.3, 0.4) is 0 Å². The van der Waals surface area contributed by atoms with Crippen LogP contribution in [0.25, 0.3) is 0 Å². The Labute approximate surface area is 129 Å². The summed E-state index contributed by atoms with van der Waals surface area (Å²) in [5.41, 5.74) is 7.18. The van der Waals surface area contributed by atoms with Gasteiger partial charge in [0.05, 0.1) is 4.47 Å². The van der Waals surface area contributed by atoms with E-state index in [4.69, 9.17) is 5.73 Å². The number of piperazine rings is 1. The number of phenols is 1. The van der Waals surface area contributed by atoms with Gasteiger partial charge >= 0.3 is 0 Å². The molecular weight excluding hydrogens is 318 g/mol. The fourth-order valence-corrected chi connectivity index (χ4v) is 3.32. The summed E-state index contributed by atoms with van der Waals surface area (Å²) >= 11 is 3.39. The molecular formula is C15H24BrN3O. The molecule has 0 aromatic heterocycles. The second-order valence-electron chi connectivity index (χ2n) is 5.50. The third-order valence-corrected chi connectivity index (χ3v) is 4.94. The van der Waals surface area contributed by atoms with Crippen molar-refractivity contribution >= 4 is 15.9 Å². The first-order valence-corrected chi connectivity index (χ1v) is 7.98. The second kappa shape index (κ2) is 6.89. The quantitative estimate of drug-likeness (QED) is 0.881. The van der Waals surface area contributed by atoms with Gasteiger partial charge in [-0.05, 0) is 47.1 Å². The number of rotatable bonds is 4. The molecule has 20 heavy (non-hydrogen) atoms. The van der Waals surface area contributed by atoms with Crippen molar-refractivity contribution in [2.24, 2.45) is 5.73 Å². The maximum Gasteiger partial charge on any atom is 0.129 e. The van der Waals surface area contributed by atoms with Gasteiger partial charge in [-0.1, -0.05) is 13.0 Å². The normalized spacial score (nSPS) is 22.9. The summed E-state index contributed by atoms with van der Waals surface area (Å²) < 4.78 is 0.731. The average Bonchev–Trinajstić information content (AvgIpc) is 2.45. The first kappa shape index (κ1) is 15.8. The Morgan fingerprint density at radius 1 is 1.45 bits per heavy atom. The predicted octanol–water partition coefficient (Wildman–Crippen LogP) is 2.18. The van der Waals surface area contributed by atoms with Crippen LogP contribution in [0.4, 0.5) is 0 Å². The van der Waals surface area contributed by atoms with E-state index in [0.29, 0.717) is 12.6 Å². The lowest BCUT2D eigenvalue weighted by Crippen LogP contribution is -2.53. The number of nitrogens with two attached hydrogens (primary N) is 1. The zero-order valence-corrected chi connectivity index (χ0v) is 13.8. The Kier molecular flexibility index (Phi) is 5.43. The summed E-state index contributed by atoms with van der Waals surface area (Å²) in [6, 6.07) is 6.49. The third-order valence-electron chi connectivity index (χ3n) is 4.30. The van der Waals surface area contributed by atoms with E-state index in [2.05, 4.69) is 39.7 Å². The van der Waals surface area contributed by atoms with E-state index in [1.165, 1.54) is 0 Å². The fraction of sp³-hybridized carbons (Fsp3) is 0.600. The molecule has 1 aliphatic heterocycles. The highest BCUT2D eigenvalue weighted by atomic mass is 79.9. The Hall–Kier alpha value is -0.620. The zero-order chi connectivity index (χ0) is 14.7. The molecule has 0 bridgehead atoms. The van der Waals surface area contributed by atoms with E-state index in [9.17, 15) is 5.11 Å². The highest BCUT2D eigenvalue weighted by molar-refractivity contribution is 9.10. The smallest absolute Gasteiger partial charge is 0.129 e. The highest BCUT2D eigenvalue weighted by Gasteiger charge is 2.28. The first-order chi connectivity index (χ1) is 9.56. The molecule has 2 rings (SSSR count). The van der Waals surface area contributed by atoms with Gasteiger partial charge in [0, 0.05) is 38.3 Å². The molecule has 1 aliphatic rings. The molecule has 112 valence electrons. The van der Waals surface area contributed by atoms with Gasteiger partial charge < -0.3 is 15.7 Å². The van der Waals surface area contributed by atoms with Crippen LogP contribution in [0.1, 0.15) is 24.9 Å². The van der Waals surface area contributed by atoms with Crippen molar-refractivity contribution in [3.05, 3.63) is 28.2 Å². The van der Waals surface area contributed by atoms with E-state index in [0.717, 1.165) is 36.1 Å². The van der Waals surface area contributed by atoms with Crippen molar-refractivity contribution in [2.75, 3.05) is 33.2 Å². The molecule has 0 spiro atoms. The number of benzene rings is 1. The average molecular weight is 342 g/mol. The van der Waals surface area contributed by atoms with Crippen LogP contribution in [0.5, 0.6) is 5.75 Å². The van der Waals surface area contributed by atoms with Gasteiger partial charge in [-0.3, -0.25) is 4.90 Å². The van der Waals surface area contributed by atoms with Gasteiger partial charge in [0.1, 0.15) is 5.75 Å². The Balaban J connectivity index is 2.17. The number of phenolic OH excluding ortho intramolecular Hbond substituents is 1. The van der Waals surface area contributed by atoms with Crippen molar-refractivity contribution in [1.82, 2.24) is 9.80 Å². The van der Waals surface area contributed by atoms with Gasteiger partial charge in [-0.25, -0.2) is 0 Å². The molecule has 1 aromatic rings. The number of nitrogens with zero attached hydrogens (tertiary/aromatic N) is 2. The van der Waals surface area contributed by atoms with Crippen molar-refractivity contribution in [2.45, 2.75) is 25.4 Å². The van der Waals surface area contributed by atoms with Gasteiger partial charge in [-0.2, -0.15) is 0 Å². The minimum absolute atomic E-state index is 0.217. The van der Waals surface area contributed by atoms with Crippen LogP contribution in [0, 0.1) is 0 Å². The Bertz CT molecular complexity index is 455. The monoisotopic (exact) mass is 341 g/mol. The van der Waals surface area contributed by atoms with Crippen LogP contribution in [-0.4, -0.2) is 54.2 Å². The summed E-state index contributed by atoms with van der Waals surface area (Å²) in [5.74, 6) is 0.273. The number of hydrogen-bond donors (Lipinski definition) is 2. The van der Waals surface area contributed by atoms with Gasteiger partial charge in [0.25, 0.3) is 0 Å². The largest absolute Gasteiger partial charge is 0.507 e. The number of halogens is 1. The standard InChI is InChI=1S/C15H24BrN3O/c1-3-12-10-19(7-6-18(12)2)14(9-17)11-4-5-15(20)13(16)8-11/h4-5,8,12,14,20H,3,6-7,9-10,17H2,1-2H3. The summed E-state index contributed by atoms with van der Waals surface area (Å²) in [6.07, 6.45) is 1.16. The van der Waals surface area contributed by atoms with Crippen LogP contribution < -0.4 is 5.73 Å². The van der Waals surface area contributed by atoms with E-state index < -0.39 is 0 Å². The minimum atomic E-state index is 0.217. The topological polar surface area (TPSA) is 52.7 Å². The summed E-state index contributed by atoms with van der Waals surface area (Å²) in [6.45, 7) is 5.99. The number of hydrogen-bond acceptors (Lipinski definition) is 4. The summed E-state index contributed by atoms with van der Waals surface area (Å²) in [5, 5.41) is 9.62. The van der Waals surface area contributed by atoms with Crippen molar-refractivity contribution < 1.29 is 5.11 Å². The molecule has 0 amide bonds. The lowest BCUT2D eigenvalue weighted by atomic mass is 10.0. The lowest BCUT2D eigenvalue weighted by molar-refractivity contribution is 0.0643. The van der Waals surface area contributed by atoms with E-state index >= 15 is 0 Å². The summed E-state index contributed by atoms with van der Waals surface area (Å²) in [4.78, 5) is 4.89. The first-order valence-electron chi connectivity index (χ1n) is 7.19. The molecule has 1 saturated heterocycles. The molecule has 5 heteroatoms. The molecule has 0 aliphatic carbocycles. The van der Waals surface area contributed by atoms with Crippen LogP contribution >= 0.6 is 15.9 Å². The predicted molar refractivity (Wildman–Crippen MR) is 85.9 cm³/mol. The van der Waals surface area contributed by atoms with Gasteiger partial charge in [-0.15, -0.1) is 0 Å². The maximum absolute atomic E-state index is 9.62. The number of aromatic hydroxyl groups is 1. The van der Waals surface area contributed by atoms with E-state index in [1.807, 2.05) is 12.1 Å². The van der Waals surface area contributed by atoms with Crippen LogP contribution in [-0.2, 0) is 0 Å². The molecule has 1 aromatic carbocycles. The van der Waals surface area contributed by atoms with Crippen molar-refractivity contribution in [3.8, 4) is 5.75 Å². The molecule has 3 N–H and O–H groups in total. The lowest BCUT2D eigenvalue weighted by Gasteiger charge is -2.42. The third kappa shape index (κ3) is 3.34. The molecule has 0 radical (unpaired) electrons. The van der Waals surface area contributed by atoms with Crippen molar-refractivity contribution in [3.63, 3.8) is 0 Å². The fourth-order valence-electron chi connectivity index (χ4n) is 2.92. The van der Waals surface area contributed by atoms with Crippen LogP contribution in [0.2, 0.25) is 0 Å². The Morgan fingerprint density at radius 3 is 2.80 bits per heavy atom. The second-order valence-corrected chi connectivity index (χ2v) is 6.35. The molecule has 2 unspecified atom stereocenters. The Morgan fingerprint density at radius 2 is 2.20 bits per heavy atom. The SMILES string of the molecule is CCC1CN(C(CN)c2ccc(O)c(Br)c2)CCN1C. The molecule has 0 saturated carbocycles. The maximum atomic E-state index is 9.62. The minimum Gasteiger partial charge on any atom is -0.507 e. The summed E-state index contributed by atoms with van der Waals surface area (Å²) in [7, 11) is 2.19.